The molecule has 0 spiro atoms. The van der Waals surface area contributed by atoms with Crippen LogP contribution in [0.3, 0.4) is 0 Å². The van der Waals surface area contributed by atoms with E-state index in [4.69, 9.17) is 4.65 Å². The van der Waals surface area contributed by atoms with Crippen LogP contribution in [0, 0.1) is 0 Å². The molecule has 1 aliphatic heterocycles. The van der Waals surface area contributed by atoms with Gasteiger partial charge in [0.2, 0.25) is 0 Å². The van der Waals surface area contributed by atoms with E-state index in [1.54, 1.807) is 13.8 Å². The fourth-order valence-corrected chi connectivity index (χ4v) is 2.67. The Morgan fingerprint density at radius 1 is 1.09 bits per heavy atom. The molecule has 0 unspecified atom stereocenters. The molecule has 1 fully saturated rings. The molecule has 122 valence electrons. The lowest BCUT2D eigenvalue weighted by Crippen LogP contribution is -2.49. The lowest BCUT2D eigenvalue weighted by molar-refractivity contribution is -0.0893. The van der Waals surface area contributed by atoms with Crippen LogP contribution >= 0.6 is 0 Å². The van der Waals surface area contributed by atoms with Crippen LogP contribution in [0.1, 0.15) is 52.0 Å². The Morgan fingerprint density at radius 3 is 2.14 bits per heavy atom. The highest BCUT2D eigenvalue weighted by Crippen LogP contribution is 2.27. The number of hydrogen-bond acceptors (Lipinski definition) is 3. The molecule has 0 amide bonds. The summed E-state index contributed by atoms with van der Waals surface area (Å²) in [5.74, 6) is 0.694. The van der Waals surface area contributed by atoms with Gasteiger partial charge in [0.25, 0.3) is 0 Å². The Hall–Kier alpha value is -0.835. The van der Waals surface area contributed by atoms with Crippen LogP contribution in [0.15, 0.2) is 24.3 Å². The Labute approximate surface area is 135 Å². The van der Waals surface area contributed by atoms with Crippen molar-refractivity contribution >= 4 is 12.9 Å². The minimum absolute atomic E-state index is 0.532. The maximum atomic E-state index is 10.1. The van der Waals surface area contributed by atoms with Crippen LogP contribution in [0.2, 0.25) is 0 Å². The fraction of sp³-hybridized carbons (Fsp3) is 0.667. The molecule has 3 nitrogen and oxygen atoms in total. The van der Waals surface area contributed by atoms with E-state index in [9.17, 15) is 5.11 Å². The van der Waals surface area contributed by atoms with Gasteiger partial charge in [-0.15, -0.1) is 0 Å². The van der Waals surface area contributed by atoms with Gasteiger partial charge in [-0.3, -0.25) is 0 Å². The Kier molecular flexibility index (Phi) is 5.36. The van der Waals surface area contributed by atoms with Crippen molar-refractivity contribution in [1.82, 2.24) is 4.90 Å². The zero-order valence-corrected chi connectivity index (χ0v) is 14.7. The fourth-order valence-electron chi connectivity index (χ4n) is 2.67. The minimum atomic E-state index is -0.860. The molecule has 1 saturated heterocycles. The first-order chi connectivity index (χ1) is 10.2. The summed E-state index contributed by atoms with van der Waals surface area (Å²) < 4.78 is 5.92. The highest BCUT2D eigenvalue weighted by atomic mass is 16.5. The van der Waals surface area contributed by atoms with Gasteiger partial charge in [-0.1, -0.05) is 29.7 Å². The number of aliphatic hydroxyl groups is 1. The molecule has 1 aromatic rings. The second kappa shape index (κ2) is 6.73. The van der Waals surface area contributed by atoms with Crippen molar-refractivity contribution < 1.29 is 9.76 Å². The normalized spacial score (nSPS) is 18.5. The highest BCUT2D eigenvalue weighted by molar-refractivity contribution is 6.47. The molecule has 0 aliphatic carbocycles. The van der Waals surface area contributed by atoms with Gasteiger partial charge in [0.15, 0.2) is 0 Å². The van der Waals surface area contributed by atoms with Crippen LogP contribution < -0.4 is 5.46 Å². The summed E-state index contributed by atoms with van der Waals surface area (Å²) in [6, 6.07) is 8.81. The molecule has 0 radical (unpaired) electrons. The molecule has 4 heteroatoms. The summed E-state index contributed by atoms with van der Waals surface area (Å²) in [6.07, 6.45) is 2.50. The molecule has 1 heterocycles. The molecule has 0 saturated carbocycles. The highest BCUT2D eigenvalue weighted by Gasteiger charge is 2.35. The lowest BCUT2D eigenvalue weighted by atomic mass is 9.81. The number of rotatable bonds is 5. The summed E-state index contributed by atoms with van der Waals surface area (Å²) in [5, 5.41) is 10.1. The van der Waals surface area contributed by atoms with Gasteiger partial charge in [0.1, 0.15) is 0 Å². The average molecular weight is 303 g/mol. The molecule has 1 N–H and O–H groups in total. The lowest BCUT2D eigenvalue weighted by Gasteiger charge is -2.37. The van der Waals surface area contributed by atoms with Crippen LogP contribution in [0.5, 0.6) is 0 Å². The van der Waals surface area contributed by atoms with Gasteiger partial charge in [0.05, 0.1) is 11.2 Å². The molecule has 0 bridgehead atoms. The number of benzene rings is 1. The first-order valence-electron chi connectivity index (χ1n) is 8.33. The summed E-state index contributed by atoms with van der Waals surface area (Å²) in [7, 11) is 2.73. The second-order valence-electron chi connectivity index (χ2n) is 7.68. The van der Waals surface area contributed by atoms with Crippen molar-refractivity contribution in [3.63, 3.8) is 0 Å². The van der Waals surface area contributed by atoms with E-state index >= 15 is 0 Å². The minimum Gasteiger partial charge on any atom is -0.427 e. The molecule has 22 heavy (non-hydrogen) atoms. The zero-order chi connectivity index (χ0) is 16.4. The zero-order valence-electron chi connectivity index (χ0n) is 14.7. The van der Waals surface area contributed by atoms with Gasteiger partial charge in [-0.2, -0.15) is 0 Å². The van der Waals surface area contributed by atoms with Gasteiger partial charge in [0, 0.05) is 0 Å². The SMILES string of the molecule is CN1CCC(c2ccc(BOC(C)(C)C(C)(C)O)cc2)CC1. The van der Waals surface area contributed by atoms with Crippen LogP contribution in [-0.2, 0) is 4.65 Å². The number of likely N-dealkylation sites (tertiary alicyclic amines) is 1. The molecular formula is C18H30BNO2. The first-order valence-corrected chi connectivity index (χ1v) is 8.33. The molecular weight excluding hydrogens is 273 g/mol. The summed E-state index contributed by atoms with van der Waals surface area (Å²) >= 11 is 0. The van der Waals surface area contributed by atoms with E-state index in [1.165, 1.54) is 31.5 Å². The third-order valence-electron chi connectivity index (χ3n) is 5.24. The third kappa shape index (κ3) is 4.34. The van der Waals surface area contributed by atoms with Crippen molar-refractivity contribution in [3.8, 4) is 0 Å². The first kappa shape index (κ1) is 17.5. The number of hydrogen-bond donors (Lipinski definition) is 1. The summed E-state index contributed by atoms with van der Waals surface area (Å²) in [4.78, 5) is 2.40. The van der Waals surface area contributed by atoms with E-state index in [1.807, 2.05) is 13.8 Å². The molecule has 1 aromatic carbocycles. The van der Waals surface area contributed by atoms with Gasteiger partial charge < -0.3 is 14.7 Å². The average Bonchev–Trinajstić information content (AvgIpc) is 2.45. The van der Waals surface area contributed by atoms with Crippen molar-refractivity contribution in [1.29, 1.82) is 0 Å². The monoisotopic (exact) mass is 303 g/mol. The van der Waals surface area contributed by atoms with Crippen molar-refractivity contribution in [2.75, 3.05) is 20.1 Å². The molecule has 2 rings (SSSR count). The predicted molar refractivity (Wildman–Crippen MR) is 94.2 cm³/mol. The van der Waals surface area contributed by atoms with E-state index in [-0.39, 0.29) is 0 Å². The van der Waals surface area contributed by atoms with Crippen molar-refractivity contribution in [2.45, 2.75) is 57.7 Å². The Balaban J connectivity index is 1.92. The van der Waals surface area contributed by atoms with Crippen LogP contribution in [0.25, 0.3) is 0 Å². The molecule has 0 atom stereocenters. The number of piperidine rings is 1. The van der Waals surface area contributed by atoms with Crippen molar-refractivity contribution in [2.24, 2.45) is 0 Å². The topological polar surface area (TPSA) is 32.7 Å². The second-order valence-corrected chi connectivity index (χ2v) is 7.68. The maximum absolute atomic E-state index is 10.1. The largest absolute Gasteiger partial charge is 0.427 e. The quantitative estimate of drug-likeness (QED) is 0.845. The maximum Gasteiger partial charge on any atom is 0.309 e. The van der Waals surface area contributed by atoms with E-state index < -0.39 is 11.2 Å². The van der Waals surface area contributed by atoms with Crippen molar-refractivity contribution in [3.05, 3.63) is 29.8 Å². The van der Waals surface area contributed by atoms with Gasteiger partial charge >= 0.3 is 7.48 Å². The predicted octanol–water partition coefficient (Wildman–Crippen LogP) is 2.04. The number of nitrogens with zero attached hydrogens (tertiary/aromatic N) is 1. The van der Waals surface area contributed by atoms with Crippen LogP contribution in [-0.4, -0.2) is 48.8 Å². The van der Waals surface area contributed by atoms with Gasteiger partial charge in [-0.25, -0.2) is 0 Å². The third-order valence-corrected chi connectivity index (χ3v) is 5.24. The Bertz CT molecular complexity index is 471. The molecule has 1 aliphatic rings. The summed E-state index contributed by atoms with van der Waals surface area (Å²) in [5.41, 5.74) is 1.17. The van der Waals surface area contributed by atoms with E-state index in [0.717, 1.165) is 5.46 Å². The standard InChI is InChI=1S/C18H30BNO2/c1-17(2,21)18(3,4)22-19-16-8-6-14(7-9-16)15-10-12-20(5)13-11-15/h6-9,15,19,21H,10-13H2,1-5H3. The Morgan fingerprint density at radius 2 is 1.64 bits per heavy atom. The van der Waals surface area contributed by atoms with E-state index in [0.29, 0.717) is 13.4 Å². The summed E-state index contributed by atoms with van der Waals surface area (Å²) in [6.45, 7) is 9.82. The van der Waals surface area contributed by atoms with Crippen LogP contribution in [0.4, 0.5) is 0 Å². The molecule has 0 aromatic heterocycles. The van der Waals surface area contributed by atoms with Gasteiger partial charge in [-0.05, 0) is 72.2 Å². The smallest absolute Gasteiger partial charge is 0.309 e. The van der Waals surface area contributed by atoms with E-state index in [2.05, 4.69) is 36.2 Å².